The molecule has 0 bridgehead atoms. The molecule has 4 nitrogen and oxygen atoms in total. The van der Waals surface area contributed by atoms with Gasteiger partial charge in [-0.1, -0.05) is 39.0 Å². The van der Waals surface area contributed by atoms with E-state index >= 15 is 0 Å². The molecule has 1 amide bonds. The van der Waals surface area contributed by atoms with E-state index in [9.17, 15) is 31.1 Å². The topological polar surface area (TPSA) is 41.6 Å². The van der Waals surface area contributed by atoms with E-state index in [0.29, 0.717) is 37.2 Å². The van der Waals surface area contributed by atoms with Crippen molar-refractivity contribution in [3.8, 4) is 5.75 Å². The number of carbonyl (C=O) groups excluding carboxylic acids is 1. The first kappa shape index (κ1) is 33.6. The minimum absolute atomic E-state index is 0.0260. The maximum atomic E-state index is 13.0. The van der Waals surface area contributed by atoms with E-state index in [-0.39, 0.29) is 5.54 Å². The van der Waals surface area contributed by atoms with E-state index in [0.717, 1.165) is 43.6 Å². The lowest BCUT2D eigenvalue weighted by atomic mass is 9.94. The molecule has 36 heavy (non-hydrogen) atoms. The number of benzene rings is 1. The number of nitrogens with zero attached hydrogens (tertiary/aromatic N) is 1. The Balaban J connectivity index is 0.00000131. The third-order valence-corrected chi connectivity index (χ3v) is 5.72. The number of hydrogen-bond donors (Lipinski definition) is 1. The summed E-state index contributed by atoms with van der Waals surface area (Å²) in [6.45, 7) is 14.7. The molecule has 1 aromatic rings. The highest BCUT2D eigenvalue weighted by Crippen LogP contribution is 2.47. The van der Waals surface area contributed by atoms with Crippen molar-refractivity contribution in [3.05, 3.63) is 41.6 Å². The second-order valence-electron chi connectivity index (χ2n) is 9.35. The van der Waals surface area contributed by atoms with Crippen molar-refractivity contribution in [1.82, 2.24) is 10.2 Å². The molecule has 1 rings (SSSR count). The minimum Gasteiger partial charge on any atom is -0.493 e. The molecule has 0 atom stereocenters. The van der Waals surface area contributed by atoms with E-state index in [2.05, 4.69) is 11.9 Å². The van der Waals surface area contributed by atoms with Gasteiger partial charge >= 0.3 is 12.4 Å². The van der Waals surface area contributed by atoms with Gasteiger partial charge in [0.2, 0.25) is 6.41 Å². The van der Waals surface area contributed by atoms with Crippen LogP contribution >= 0.6 is 0 Å². The third kappa shape index (κ3) is 12.5. The summed E-state index contributed by atoms with van der Waals surface area (Å²) in [7, 11) is 1.92. The van der Waals surface area contributed by atoms with E-state index < -0.39 is 23.8 Å². The third-order valence-electron chi connectivity index (χ3n) is 5.72. The second kappa shape index (κ2) is 15.0. The zero-order chi connectivity index (χ0) is 28.2. The van der Waals surface area contributed by atoms with Crippen molar-refractivity contribution in [3.63, 3.8) is 0 Å². The number of aryl methyl sites for hydroxylation is 1. The van der Waals surface area contributed by atoms with E-state index in [1.807, 2.05) is 39.6 Å². The number of amides is 1. The van der Waals surface area contributed by atoms with Crippen LogP contribution in [0.3, 0.4) is 0 Å². The number of nitrogens with one attached hydrogen (secondary N) is 1. The average molecular weight is 527 g/mol. The molecule has 10 heteroatoms. The van der Waals surface area contributed by atoms with Crippen molar-refractivity contribution in [2.75, 3.05) is 20.2 Å². The lowest BCUT2D eigenvalue weighted by molar-refractivity contribution is -0.253. The molecule has 208 valence electrons. The van der Waals surface area contributed by atoms with Crippen molar-refractivity contribution < 1.29 is 35.9 Å². The van der Waals surface area contributed by atoms with Crippen LogP contribution < -0.4 is 10.1 Å². The quantitative estimate of drug-likeness (QED) is 0.166. The number of alkyl halides is 6. The molecule has 1 N–H and O–H groups in total. The maximum Gasteiger partial charge on any atom is 0.404 e. The van der Waals surface area contributed by atoms with Crippen LogP contribution in [0.25, 0.3) is 0 Å². The molecule has 0 aliphatic rings. The highest BCUT2D eigenvalue weighted by atomic mass is 19.4. The fourth-order valence-corrected chi connectivity index (χ4v) is 3.03. The van der Waals surface area contributed by atoms with Crippen LogP contribution in [0.2, 0.25) is 0 Å². The lowest BCUT2D eigenvalue weighted by Gasteiger charge is -2.24. The van der Waals surface area contributed by atoms with Crippen molar-refractivity contribution >= 4 is 6.41 Å². The zero-order valence-electron chi connectivity index (χ0n) is 22.1. The molecule has 0 saturated carbocycles. The van der Waals surface area contributed by atoms with Crippen LogP contribution in [0.15, 0.2) is 30.5 Å². The normalized spacial score (nSPS) is 12.0. The van der Waals surface area contributed by atoms with Crippen LogP contribution in [0, 0.1) is 0 Å². The van der Waals surface area contributed by atoms with E-state index in [1.54, 1.807) is 6.92 Å². The van der Waals surface area contributed by atoms with Gasteiger partial charge in [0.05, 0.1) is 6.61 Å². The van der Waals surface area contributed by atoms with Crippen molar-refractivity contribution in [2.24, 2.45) is 0 Å². The number of allylic oxidation sites excluding steroid dienone is 1. The van der Waals surface area contributed by atoms with Crippen molar-refractivity contribution in [2.45, 2.75) is 90.5 Å². The monoisotopic (exact) mass is 526 g/mol. The smallest absolute Gasteiger partial charge is 0.404 e. The molecular formula is C26H40F6N2O2. The first-order valence-corrected chi connectivity index (χ1v) is 12.0. The number of ether oxygens (including phenoxy) is 1. The summed E-state index contributed by atoms with van der Waals surface area (Å²) < 4.78 is 83.4. The summed E-state index contributed by atoms with van der Waals surface area (Å²) in [5.41, 5.74) is 0.462. The molecule has 0 heterocycles. The van der Waals surface area contributed by atoms with Crippen LogP contribution in [0.4, 0.5) is 26.3 Å². The van der Waals surface area contributed by atoms with Gasteiger partial charge in [-0.05, 0) is 63.6 Å². The Morgan fingerprint density at radius 2 is 1.69 bits per heavy atom. The molecule has 0 aliphatic carbocycles. The van der Waals surface area contributed by atoms with Crippen LogP contribution in [0.1, 0.15) is 77.3 Å². The summed E-state index contributed by atoms with van der Waals surface area (Å²) in [6, 6.07) is 3.04. The molecule has 0 spiro atoms. The van der Waals surface area contributed by atoms with E-state index in [1.165, 1.54) is 6.07 Å². The molecule has 1 aromatic carbocycles. The van der Waals surface area contributed by atoms with Gasteiger partial charge in [0.1, 0.15) is 5.75 Å². The number of carbonyl (C=O) groups is 1. The van der Waals surface area contributed by atoms with E-state index in [4.69, 9.17) is 4.74 Å². The summed E-state index contributed by atoms with van der Waals surface area (Å²) in [5, 5.41) is 2.69. The van der Waals surface area contributed by atoms with Gasteiger partial charge in [-0.3, -0.25) is 4.79 Å². The predicted molar refractivity (Wildman–Crippen MR) is 131 cm³/mol. The molecule has 0 aromatic heterocycles. The number of unbranched alkanes of at least 4 members (excludes halogenated alkanes) is 1. The molecule has 0 saturated heterocycles. The predicted octanol–water partition coefficient (Wildman–Crippen LogP) is 7.39. The van der Waals surface area contributed by atoms with Crippen LogP contribution in [0.5, 0.6) is 5.75 Å². The Bertz CT molecular complexity index is 793. The zero-order valence-corrected chi connectivity index (χ0v) is 22.1. The summed E-state index contributed by atoms with van der Waals surface area (Å²) >= 11 is 0. The Labute approximate surface area is 211 Å². The standard InChI is InChI=1S/C20H27F6NO.C6H13NO/c1-5-8-15-13-16(18(19(21,22)23)20(24,25)26)9-10-17(15)28-12-7-6-11-27(4)14(2)3;1-4-6(2,3)7-5-8/h9-10,13,18H,2,5-8,11-12H2,1,3-4H3;5H,4H2,1-3H3,(H,7,8). The second-order valence-corrected chi connectivity index (χ2v) is 9.35. The van der Waals surface area contributed by atoms with Gasteiger partial charge in [-0.2, -0.15) is 26.3 Å². The van der Waals surface area contributed by atoms with Crippen LogP contribution in [-0.4, -0.2) is 49.4 Å². The van der Waals surface area contributed by atoms with Gasteiger partial charge < -0.3 is 15.0 Å². The summed E-state index contributed by atoms with van der Waals surface area (Å²) in [5.74, 6) is -3.16. The molecule has 0 radical (unpaired) electrons. The van der Waals surface area contributed by atoms with Gasteiger partial charge in [-0.25, -0.2) is 0 Å². The molecular weight excluding hydrogens is 486 g/mol. The van der Waals surface area contributed by atoms with Gasteiger partial charge in [-0.15, -0.1) is 0 Å². The Morgan fingerprint density at radius 3 is 2.11 bits per heavy atom. The Hall–Kier alpha value is -2.39. The highest BCUT2D eigenvalue weighted by Gasteiger charge is 2.57. The molecule has 0 aliphatic heterocycles. The van der Waals surface area contributed by atoms with Gasteiger partial charge in [0, 0.05) is 24.8 Å². The average Bonchev–Trinajstić information content (AvgIpc) is 2.73. The van der Waals surface area contributed by atoms with Gasteiger partial charge in [0.15, 0.2) is 5.92 Å². The fraction of sp³-hybridized carbons (Fsp3) is 0.654. The number of rotatable bonds is 13. The minimum atomic E-state index is -5.40. The first-order valence-electron chi connectivity index (χ1n) is 12.0. The SMILES string of the molecule is C=C(C)N(C)CCCCOc1ccc(C(C(F)(F)F)C(F)(F)F)cc1CCC.CCC(C)(C)NC=O. The molecule has 0 fully saturated rings. The number of hydrogen-bond acceptors (Lipinski definition) is 3. The summed E-state index contributed by atoms with van der Waals surface area (Å²) in [4.78, 5) is 11.9. The van der Waals surface area contributed by atoms with Crippen molar-refractivity contribution in [1.29, 1.82) is 0 Å². The Morgan fingerprint density at radius 1 is 1.11 bits per heavy atom. The fourth-order valence-electron chi connectivity index (χ4n) is 3.03. The molecule has 0 unspecified atom stereocenters. The Kier molecular flexibility index (Phi) is 14.0. The number of halogens is 6. The van der Waals surface area contributed by atoms with Gasteiger partial charge in [0.25, 0.3) is 0 Å². The first-order chi connectivity index (χ1) is 16.5. The van der Waals surface area contributed by atoms with Crippen LogP contribution in [-0.2, 0) is 11.2 Å². The largest absolute Gasteiger partial charge is 0.493 e. The lowest BCUT2D eigenvalue weighted by Crippen LogP contribution is -2.37. The summed E-state index contributed by atoms with van der Waals surface area (Å²) in [6.07, 6.45) is -6.66. The highest BCUT2D eigenvalue weighted by molar-refractivity contribution is 5.47. The maximum absolute atomic E-state index is 13.0.